The van der Waals surface area contributed by atoms with Crippen LogP contribution in [0.5, 0.6) is 5.75 Å². The molecule has 2 aliphatic rings. The average molecular weight is 423 g/mol. The minimum Gasteiger partial charge on any atom is -0.467 e. The largest absolute Gasteiger partial charge is 0.467 e. The Kier molecular flexibility index (Phi) is 4.47. The maximum atomic E-state index is 13.0. The van der Waals surface area contributed by atoms with Gasteiger partial charge in [-0.2, -0.15) is 5.10 Å². The molecular weight excluding hydrogens is 404 g/mol. The van der Waals surface area contributed by atoms with Crippen molar-refractivity contribution in [3.63, 3.8) is 0 Å². The SMILES string of the molecule is O=C1NC2(CCN(C(=O)c3cccc(-c4cc[nH]n4)c3)CC2)Oc2ccc(Cl)cc21. The first-order valence-corrected chi connectivity index (χ1v) is 10.1. The van der Waals surface area contributed by atoms with E-state index in [4.69, 9.17) is 16.3 Å². The van der Waals surface area contributed by atoms with Gasteiger partial charge < -0.3 is 15.0 Å². The summed E-state index contributed by atoms with van der Waals surface area (Å²) in [6, 6.07) is 14.3. The number of carbonyl (C=O) groups excluding carboxylic acids is 2. The molecule has 30 heavy (non-hydrogen) atoms. The van der Waals surface area contributed by atoms with Crippen molar-refractivity contribution in [2.24, 2.45) is 0 Å². The van der Waals surface area contributed by atoms with Gasteiger partial charge >= 0.3 is 0 Å². The molecule has 1 fully saturated rings. The van der Waals surface area contributed by atoms with Crippen LogP contribution in [-0.4, -0.2) is 45.7 Å². The van der Waals surface area contributed by atoms with Gasteiger partial charge in [-0.25, -0.2) is 0 Å². The molecule has 0 unspecified atom stereocenters. The number of piperidine rings is 1. The topological polar surface area (TPSA) is 87.3 Å². The van der Waals surface area contributed by atoms with E-state index in [1.165, 1.54) is 0 Å². The highest BCUT2D eigenvalue weighted by Crippen LogP contribution is 2.35. The highest BCUT2D eigenvalue weighted by atomic mass is 35.5. The van der Waals surface area contributed by atoms with E-state index in [1.54, 1.807) is 29.3 Å². The fourth-order valence-electron chi connectivity index (χ4n) is 3.99. The molecule has 8 heteroatoms. The van der Waals surface area contributed by atoms with Crippen molar-refractivity contribution in [1.29, 1.82) is 0 Å². The molecule has 0 saturated carbocycles. The molecule has 0 radical (unpaired) electrons. The summed E-state index contributed by atoms with van der Waals surface area (Å²) in [4.78, 5) is 27.4. The van der Waals surface area contributed by atoms with Crippen molar-refractivity contribution < 1.29 is 14.3 Å². The predicted octanol–water partition coefficient (Wildman–Crippen LogP) is 3.48. The van der Waals surface area contributed by atoms with Gasteiger partial charge in [-0.1, -0.05) is 23.7 Å². The summed E-state index contributed by atoms with van der Waals surface area (Å²) in [5, 5.41) is 10.4. The van der Waals surface area contributed by atoms with E-state index in [-0.39, 0.29) is 11.8 Å². The molecule has 7 nitrogen and oxygen atoms in total. The molecule has 3 aromatic rings. The highest BCUT2D eigenvalue weighted by molar-refractivity contribution is 6.31. The first-order chi connectivity index (χ1) is 14.5. The van der Waals surface area contributed by atoms with Gasteiger partial charge in [-0.3, -0.25) is 14.7 Å². The summed E-state index contributed by atoms with van der Waals surface area (Å²) in [6.45, 7) is 0.962. The van der Waals surface area contributed by atoms with Crippen LogP contribution in [0.25, 0.3) is 11.3 Å². The van der Waals surface area contributed by atoms with E-state index < -0.39 is 5.72 Å². The number of fused-ring (bicyclic) bond motifs is 1. The number of likely N-dealkylation sites (tertiary alicyclic amines) is 1. The molecule has 5 rings (SSSR count). The molecule has 1 aromatic heterocycles. The lowest BCUT2D eigenvalue weighted by atomic mass is 9.96. The van der Waals surface area contributed by atoms with Crippen LogP contribution in [0.2, 0.25) is 5.02 Å². The smallest absolute Gasteiger partial charge is 0.258 e. The third-order valence-corrected chi connectivity index (χ3v) is 5.83. The Labute approximate surface area is 178 Å². The van der Waals surface area contributed by atoms with E-state index in [2.05, 4.69) is 15.5 Å². The number of aromatic nitrogens is 2. The van der Waals surface area contributed by atoms with E-state index in [9.17, 15) is 9.59 Å². The number of ether oxygens (including phenoxy) is 1. The minimum atomic E-state index is -0.800. The van der Waals surface area contributed by atoms with Crippen molar-refractivity contribution in [2.75, 3.05) is 13.1 Å². The molecule has 0 atom stereocenters. The van der Waals surface area contributed by atoms with Crippen LogP contribution in [0.15, 0.2) is 54.7 Å². The zero-order valence-electron chi connectivity index (χ0n) is 16.0. The summed E-state index contributed by atoms with van der Waals surface area (Å²) in [5.41, 5.74) is 1.92. The second-order valence-corrected chi connectivity index (χ2v) is 7.96. The molecule has 2 aromatic carbocycles. The Hall–Kier alpha value is -3.32. The van der Waals surface area contributed by atoms with E-state index in [0.29, 0.717) is 47.8 Å². The number of nitrogens with zero attached hydrogens (tertiary/aromatic N) is 2. The Bertz CT molecular complexity index is 1120. The number of hydrogen-bond acceptors (Lipinski definition) is 4. The number of H-pyrrole nitrogens is 1. The molecule has 3 heterocycles. The number of rotatable bonds is 2. The second kappa shape index (κ2) is 7.18. The van der Waals surface area contributed by atoms with Crippen LogP contribution in [0.1, 0.15) is 33.6 Å². The standard InChI is InChI=1S/C22H19ClN4O3/c23-16-4-5-19-17(13-16)20(28)25-22(30-19)7-10-27(11-8-22)21(29)15-3-1-2-14(12-15)18-6-9-24-26-18/h1-6,9,12-13H,7-8,10-11H2,(H,24,26)(H,25,28). The molecular formula is C22H19ClN4O3. The number of benzene rings is 2. The van der Waals surface area contributed by atoms with Crippen LogP contribution in [0, 0.1) is 0 Å². The number of carbonyl (C=O) groups is 2. The second-order valence-electron chi connectivity index (χ2n) is 7.52. The van der Waals surface area contributed by atoms with Crippen molar-refractivity contribution in [3.05, 3.63) is 70.9 Å². The van der Waals surface area contributed by atoms with Crippen molar-refractivity contribution in [3.8, 4) is 17.0 Å². The van der Waals surface area contributed by atoms with Crippen LogP contribution in [-0.2, 0) is 0 Å². The Morgan fingerprint density at radius 1 is 1.13 bits per heavy atom. The quantitative estimate of drug-likeness (QED) is 0.661. The minimum absolute atomic E-state index is 0.0449. The molecule has 1 saturated heterocycles. The molecule has 2 amide bonds. The average Bonchev–Trinajstić information content (AvgIpc) is 3.30. The molecule has 0 bridgehead atoms. The van der Waals surface area contributed by atoms with Crippen LogP contribution in [0.4, 0.5) is 0 Å². The monoisotopic (exact) mass is 422 g/mol. The van der Waals surface area contributed by atoms with Gasteiger partial charge in [0.1, 0.15) is 5.75 Å². The zero-order chi connectivity index (χ0) is 20.7. The van der Waals surface area contributed by atoms with Gasteiger partial charge in [0.05, 0.1) is 11.3 Å². The molecule has 2 N–H and O–H groups in total. The molecule has 0 aliphatic carbocycles. The van der Waals surface area contributed by atoms with Crippen LogP contribution >= 0.6 is 11.6 Å². The summed E-state index contributed by atoms with van der Waals surface area (Å²) in [7, 11) is 0. The van der Waals surface area contributed by atoms with Gasteiger partial charge in [-0.05, 0) is 36.4 Å². The van der Waals surface area contributed by atoms with Crippen molar-refractivity contribution >= 4 is 23.4 Å². The molecule has 2 aliphatic heterocycles. The lowest BCUT2D eigenvalue weighted by Gasteiger charge is -2.44. The fourth-order valence-corrected chi connectivity index (χ4v) is 4.16. The Morgan fingerprint density at radius 2 is 1.97 bits per heavy atom. The number of amides is 2. The van der Waals surface area contributed by atoms with Crippen LogP contribution in [0.3, 0.4) is 0 Å². The summed E-state index contributed by atoms with van der Waals surface area (Å²) < 4.78 is 6.15. The third kappa shape index (κ3) is 3.31. The number of aromatic amines is 1. The van der Waals surface area contributed by atoms with Gasteiger partial charge in [0.15, 0.2) is 5.72 Å². The van der Waals surface area contributed by atoms with Crippen molar-refractivity contribution in [2.45, 2.75) is 18.6 Å². The lowest BCUT2D eigenvalue weighted by molar-refractivity contribution is -0.0245. The Balaban J connectivity index is 1.31. The van der Waals surface area contributed by atoms with Gasteiger partial charge in [-0.15, -0.1) is 0 Å². The maximum Gasteiger partial charge on any atom is 0.258 e. The van der Waals surface area contributed by atoms with E-state index >= 15 is 0 Å². The Morgan fingerprint density at radius 3 is 2.73 bits per heavy atom. The first-order valence-electron chi connectivity index (χ1n) is 9.74. The molecule has 1 spiro atoms. The highest BCUT2D eigenvalue weighted by Gasteiger charge is 2.43. The summed E-state index contributed by atoms with van der Waals surface area (Å²) in [5.74, 6) is 0.274. The maximum absolute atomic E-state index is 13.0. The van der Waals surface area contributed by atoms with Gasteiger partial charge in [0, 0.05) is 48.3 Å². The van der Waals surface area contributed by atoms with Gasteiger partial charge in [0.25, 0.3) is 11.8 Å². The van der Waals surface area contributed by atoms with Crippen molar-refractivity contribution in [1.82, 2.24) is 20.4 Å². The first kappa shape index (κ1) is 18.7. The number of nitrogens with one attached hydrogen (secondary N) is 2. The molecule has 152 valence electrons. The van der Waals surface area contributed by atoms with Crippen LogP contribution < -0.4 is 10.1 Å². The lowest BCUT2D eigenvalue weighted by Crippen LogP contribution is -2.61. The van der Waals surface area contributed by atoms with E-state index in [0.717, 1.165) is 11.3 Å². The summed E-state index contributed by atoms with van der Waals surface area (Å²) >= 11 is 5.99. The number of hydrogen-bond donors (Lipinski definition) is 2. The zero-order valence-corrected chi connectivity index (χ0v) is 16.8. The normalized spacial score (nSPS) is 17.2. The summed E-state index contributed by atoms with van der Waals surface area (Å²) in [6.07, 6.45) is 2.76. The fraction of sp³-hybridized carbons (Fsp3) is 0.227. The van der Waals surface area contributed by atoms with Gasteiger partial charge in [0.2, 0.25) is 0 Å². The third-order valence-electron chi connectivity index (χ3n) is 5.60. The predicted molar refractivity (Wildman–Crippen MR) is 111 cm³/mol. The van der Waals surface area contributed by atoms with E-state index in [1.807, 2.05) is 30.3 Å². The number of halogens is 1.